The molecule has 0 aliphatic carbocycles. The van der Waals surface area contributed by atoms with Crippen molar-refractivity contribution in [2.24, 2.45) is 0 Å². The molecule has 0 unspecified atom stereocenters. The van der Waals surface area contributed by atoms with Gasteiger partial charge in [0, 0.05) is 4.47 Å². The van der Waals surface area contributed by atoms with Gasteiger partial charge in [0.15, 0.2) is 11.6 Å². The molecule has 5 nitrogen and oxygen atoms in total. The molecule has 1 aromatic heterocycles. The number of hydrogen-bond donors (Lipinski definition) is 1. The first kappa shape index (κ1) is 9.80. The first-order valence-electron chi connectivity index (χ1n) is 4.76. The molecule has 0 amide bonds. The highest BCUT2D eigenvalue weighted by atomic mass is 79.9. The number of aromatic nitrogens is 3. The number of hydrogen-bond acceptors (Lipinski definition) is 4. The van der Waals surface area contributed by atoms with Crippen molar-refractivity contribution >= 4 is 15.9 Å². The van der Waals surface area contributed by atoms with E-state index in [2.05, 4.69) is 26.0 Å². The van der Waals surface area contributed by atoms with Gasteiger partial charge in [-0.1, -0.05) is 15.9 Å². The van der Waals surface area contributed by atoms with Crippen LogP contribution in [0.1, 0.15) is 11.6 Å². The first-order chi connectivity index (χ1) is 7.78. The largest absolute Gasteiger partial charge is 0.483 e. The Morgan fingerprint density at radius 2 is 2.38 bits per heavy atom. The van der Waals surface area contributed by atoms with Crippen molar-refractivity contribution in [3.8, 4) is 11.4 Å². The van der Waals surface area contributed by atoms with Gasteiger partial charge in [-0.05, 0) is 18.2 Å². The molecular weight excluding hydrogens is 274 g/mol. The SMILES string of the molecule is OCc1nc2n(n1)-c1ccc(Br)cc1OC2. The second-order valence-electron chi connectivity index (χ2n) is 3.41. The van der Waals surface area contributed by atoms with Crippen molar-refractivity contribution in [1.82, 2.24) is 14.8 Å². The second-order valence-corrected chi connectivity index (χ2v) is 4.33. The van der Waals surface area contributed by atoms with Crippen LogP contribution in [-0.2, 0) is 13.2 Å². The van der Waals surface area contributed by atoms with Gasteiger partial charge in [0.1, 0.15) is 24.7 Å². The maximum Gasteiger partial charge on any atom is 0.176 e. The third kappa shape index (κ3) is 1.42. The van der Waals surface area contributed by atoms with Crippen molar-refractivity contribution in [3.05, 3.63) is 34.3 Å². The summed E-state index contributed by atoms with van der Waals surface area (Å²) >= 11 is 3.38. The average molecular weight is 282 g/mol. The van der Waals surface area contributed by atoms with Gasteiger partial charge in [-0.15, -0.1) is 5.10 Å². The number of aliphatic hydroxyl groups excluding tert-OH is 1. The molecule has 0 spiro atoms. The smallest absolute Gasteiger partial charge is 0.176 e. The summed E-state index contributed by atoms with van der Waals surface area (Å²) in [7, 11) is 0. The molecule has 16 heavy (non-hydrogen) atoms. The van der Waals surface area contributed by atoms with Crippen LogP contribution in [0.3, 0.4) is 0 Å². The van der Waals surface area contributed by atoms with Crippen LogP contribution >= 0.6 is 15.9 Å². The molecule has 2 aromatic rings. The van der Waals surface area contributed by atoms with Crippen LogP contribution in [0.4, 0.5) is 0 Å². The van der Waals surface area contributed by atoms with E-state index in [0.717, 1.165) is 15.9 Å². The Kier molecular flexibility index (Phi) is 2.19. The molecule has 1 aliphatic rings. The minimum Gasteiger partial charge on any atom is -0.483 e. The van der Waals surface area contributed by atoms with E-state index in [0.29, 0.717) is 18.3 Å². The molecule has 0 atom stereocenters. The molecular formula is C10H8BrN3O2. The Morgan fingerprint density at radius 1 is 1.50 bits per heavy atom. The fraction of sp³-hybridized carbons (Fsp3) is 0.200. The standard InChI is InChI=1S/C10H8BrN3O2/c11-6-1-2-7-8(3-6)16-5-10-12-9(4-15)13-14(7)10/h1-3,15H,4-5H2. The number of fused-ring (bicyclic) bond motifs is 3. The van der Waals surface area contributed by atoms with E-state index in [9.17, 15) is 0 Å². The molecule has 0 fully saturated rings. The summed E-state index contributed by atoms with van der Waals surface area (Å²) < 4.78 is 8.21. The number of ether oxygens (including phenoxy) is 1. The maximum absolute atomic E-state index is 8.99. The van der Waals surface area contributed by atoms with E-state index in [-0.39, 0.29) is 6.61 Å². The fourth-order valence-corrected chi connectivity index (χ4v) is 2.01. The Hall–Kier alpha value is -1.40. The summed E-state index contributed by atoms with van der Waals surface area (Å²) in [5.41, 5.74) is 0.844. The van der Waals surface area contributed by atoms with Crippen molar-refractivity contribution in [2.75, 3.05) is 0 Å². The van der Waals surface area contributed by atoms with Crippen molar-refractivity contribution < 1.29 is 9.84 Å². The zero-order chi connectivity index (χ0) is 11.1. The number of nitrogens with zero attached hydrogens (tertiary/aromatic N) is 3. The van der Waals surface area contributed by atoms with E-state index >= 15 is 0 Å². The Morgan fingerprint density at radius 3 is 3.19 bits per heavy atom. The molecule has 0 bridgehead atoms. The minimum atomic E-state index is -0.161. The number of halogens is 1. The highest BCUT2D eigenvalue weighted by Crippen LogP contribution is 2.31. The molecule has 1 aromatic carbocycles. The molecule has 0 saturated carbocycles. The average Bonchev–Trinajstić information content (AvgIpc) is 2.71. The predicted molar refractivity (Wildman–Crippen MR) is 59.3 cm³/mol. The summed E-state index contributed by atoms with van der Waals surface area (Å²) in [6.45, 7) is 0.211. The molecule has 2 heterocycles. The Bertz CT molecular complexity index is 553. The molecule has 6 heteroatoms. The topological polar surface area (TPSA) is 60.2 Å². The Labute approximate surface area is 99.8 Å². The van der Waals surface area contributed by atoms with Crippen molar-refractivity contribution in [2.45, 2.75) is 13.2 Å². The lowest BCUT2D eigenvalue weighted by molar-refractivity contribution is 0.271. The third-order valence-corrected chi connectivity index (χ3v) is 2.86. The normalized spacial score (nSPS) is 12.9. The zero-order valence-electron chi connectivity index (χ0n) is 8.22. The number of benzene rings is 1. The van der Waals surface area contributed by atoms with Gasteiger partial charge >= 0.3 is 0 Å². The van der Waals surface area contributed by atoms with E-state index in [1.165, 1.54) is 0 Å². The summed E-state index contributed by atoms with van der Waals surface area (Å²) in [6, 6.07) is 5.70. The van der Waals surface area contributed by atoms with E-state index in [1.807, 2.05) is 18.2 Å². The van der Waals surface area contributed by atoms with Crippen LogP contribution < -0.4 is 4.74 Å². The third-order valence-electron chi connectivity index (χ3n) is 2.37. The lowest BCUT2D eigenvalue weighted by Gasteiger charge is -2.17. The second kappa shape index (κ2) is 3.57. The lowest BCUT2D eigenvalue weighted by Crippen LogP contribution is -2.13. The first-order valence-corrected chi connectivity index (χ1v) is 5.55. The molecule has 1 N–H and O–H groups in total. The summed E-state index contributed by atoms with van der Waals surface area (Å²) in [6.07, 6.45) is 0. The molecule has 82 valence electrons. The van der Waals surface area contributed by atoms with Crippen LogP contribution in [0.15, 0.2) is 22.7 Å². The summed E-state index contributed by atoms with van der Waals surface area (Å²) in [5.74, 6) is 1.88. The van der Waals surface area contributed by atoms with Gasteiger partial charge < -0.3 is 9.84 Å². The highest BCUT2D eigenvalue weighted by molar-refractivity contribution is 9.10. The van der Waals surface area contributed by atoms with Crippen LogP contribution in [0, 0.1) is 0 Å². The monoisotopic (exact) mass is 281 g/mol. The molecule has 3 rings (SSSR count). The molecule has 0 radical (unpaired) electrons. The van der Waals surface area contributed by atoms with Crippen LogP contribution in [0.2, 0.25) is 0 Å². The van der Waals surface area contributed by atoms with Gasteiger partial charge in [-0.2, -0.15) is 0 Å². The van der Waals surface area contributed by atoms with Gasteiger partial charge in [-0.3, -0.25) is 0 Å². The lowest BCUT2D eigenvalue weighted by atomic mass is 10.2. The minimum absolute atomic E-state index is 0.161. The van der Waals surface area contributed by atoms with Crippen LogP contribution in [0.25, 0.3) is 5.69 Å². The summed E-state index contributed by atoms with van der Waals surface area (Å²) in [5, 5.41) is 13.2. The predicted octanol–water partition coefficient (Wildman–Crippen LogP) is 1.41. The summed E-state index contributed by atoms with van der Waals surface area (Å²) in [4.78, 5) is 4.16. The van der Waals surface area contributed by atoms with Gasteiger partial charge in [0.05, 0.1) is 0 Å². The van der Waals surface area contributed by atoms with Gasteiger partial charge in [-0.25, -0.2) is 9.67 Å². The fourth-order valence-electron chi connectivity index (χ4n) is 1.67. The van der Waals surface area contributed by atoms with Crippen molar-refractivity contribution in [1.29, 1.82) is 0 Å². The van der Waals surface area contributed by atoms with Gasteiger partial charge in [0.2, 0.25) is 0 Å². The van der Waals surface area contributed by atoms with Crippen LogP contribution in [-0.4, -0.2) is 19.9 Å². The van der Waals surface area contributed by atoms with Gasteiger partial charge in [0.25, 0.3) is 0 Å². The van der Waals surface area contributed by atoms with E-state index < -0.39 is 0 Å². The number of aliphatic hydroxyl groups is 1. The zero-order valence-corrected chi connectivity index (χ0v) is 9.81. The van der Waals surface area contributed by atoms with E-state index in [4.69, 9.17) is 9.84 Å². The van der Waals surface area contributed by atoms with Crippen LogP contribution in [0.5, 0.6) is 5.75 Å². The van der Waals surface area contributed by atoms with E-state index in [1.54, 1.807) is 4.68 Å². The van der Waals surface area contributed by atoms with Crippen molar-refractivity contribution in [3.63, 3.8) is 0 Å². The molecule has 1 aliphatic heterocycles. The molecule has 0 saturated heterocycles. The highest BCUT2D eigenvalue weighted by Gasteiger charge is 2.20. The maximum atomic E-state index is 8.99. The number of rotatable bonds is 1. The quantitative estimate of drug-likeness (QED) is 0.859. The Balaban J connectivity index is 2.18.